The highest BCUT2D eigenvalue weighted by Crippen LogP contribution is 2.22. The second-order valence-electron chi connectivity index (χ2n) is 5.59. The zero-order valence-electron chi connectivity index (χ0n) is 14.2. The topological polar surface area (TPSA) is 80.0 Å². The molecule has 1 atom stereocenters. The van der Waals surface area contributed by atoms with Crippen LogP contribution in [0, 0.1) is 6.92 Å². The largest absolute Gasteiger partial charge is 0.351 e. The van der Waals surface area contributed by atoms with E-state index in [9.17, 15) is 0 Å². The Morgan fingerprint density at radius 3 is 3.00 bits per heavy atom. The van der Waals surface area contributed by atoms with Crippen molar-refractivity contribution in [2.45, 2.75) is 52.2 Å². The first-order valence-corrected chi connectivity index (χ1v) is 8.89. The standard InChI is InChI=1S/C15H23N7S.HI/c1-4-13-19-11(9-23-13)8-17-15(16-3)20-12-6-5-7-22-14(12)18-10(2)21-22;/h9,12H,4-8H2,1-3H3,(H2,16,17,20);1H. The molecule has 1 aliphatic rings. The van der Waals surface area contributed by atoms with Crippen molar-refractivity contribution in [3.05, 3.63) is 27.7 Å². The summed E-state index contributed by atoms with van der Waals surface area (Å²) in [5.41, 5.74) is 1.05. The monoisotopic (exact) mass is 461 g/mol. The van der Waals surface area contributed by atoms with Crippen LogP contribution in [0.4, 0.5) is 0 Å². The van der Waals surface area contributed by atoms with Crippen LogP contribution in [0.1, 0.15) is 48.2 Å². The zero-order valence-corrected chi connectivity index (χ0v) is 17.4. The minimum atomic E-state index is 0. The van der Waals surface area contributed by atoms with Gasteiger partial charge >= 0.3 is 0 Å². The van der Waals surface area contributed by atoms with E-state index in [0.29, 0.717) is 6.54 Å². The fourth-order valence-electron chi connectivity index (χ4n) is 2.73. The number of halogens is 1. The number of hydrogen-bond acceptors (Lipinski definition) is 5. The number of aromatic nitrogens is 4. The maximum absolute atomic E-state index is 4.57. The van der Waals surface area contributed by atoms with Gasteiger partial charge in [0.2, 0.25) is 0 Å². The van der Waals surface area contributed by atoms with E-state index in [1.165, 1.54) is 5.01 Å². The van der Waals surface area contributed by atoms with Gasteiger partial charge in [0.25, 0.3) is 0 Å². The van der Waals surface area contributed by atoms with Crippen LogP contribution in [0.2, 0.25) is 0 Å². The normalized spacial score (nSPS) is 17.1. The maximum Gasteiger partial charge on any atom is 0.191 e. The van der Waals surface area contributed by atoms with E-state index in [1.54, 1.807) is 18.4 Å². The number of hydrogen-bond donors (Lipinski definition) is 2. The Kier molecular flexibility index (Phi) is 6.96. The lowest BCUT2D eigenvalue weighted by Gasteiger charge is -2.24. The van der Waals surface area contributed by atoms with Crippen LogP contribution < -0.4 is 10.6 Å². The van der Waals surface area contributed by atoms with Gasteiger partial charge in [-0.15, -0.1) is 35.3 Å². The molecule has 0 amide bonds. The van der Waals surface area contributed by atoms with Gasteiger partial charge in [0.1, 0.15) is 11.6 Å². The van der Waals surface area contributed by atoms with Crippen molar-refractivity contribution in [2.75, 3.05) is 7.05 Å². The zero-order chi connectivity index (χ0) is 16.2. The van der Waals surface area contributed by atoms with Gasteiger partial charge in [-0.2, -0.15) is 5.10 Å². The summed E-state index contributed by atoms with van der Waals surface area (Å²) in [4.78, 5) is 13.4. The van der Waals surface area contributed by atoms with E-state index in [4.69, 9.17) is 0 Å². The molecule has 2 aromatic heterocycles. The molecule has 1 unspecified atom stereocenters. The summed E-state index contributed by atoms with van der Waals surface area (Å²) in [6.07, 6.45) is 3.11. The van der Waals surface area contributed by atoms with E-state index >= 15 is 0 Å². The van der Waals surface area contributed by atoms with Gasteiger partial charge in [-0.3, -0.25) is 4.99 Å². The van der Waals surface area contributed by atoms with Gasteiger partial charge in [0.15, 0.2) is 5.96 Å². The fourth-order valence-corrected chi connectivity index (χ4v) is 3.48. The molecule has 7 nitrogen and oxygen atoms in total. The molecule has 0 saturated carbocycles. The van der Waals surface area contributed by atoms with E-state index < -0.39 is 0 Å². The molecule has 0 fully saturated rings. The Bertz CT molecular complexity index is 694. The number of aryl methyl sites for hydroxylation is 3. The number of guanidine groups is 1. The number of nitrogens with one attached hydrogen (secondary N) is 2. The van der Waals surface area contributed by atoms with Crippen LogP contribution in [-0.4, -0.2) is 32.8 Å². The Morgan fingerprint density at radius 1 is 1.46 bits per heavy atom. The molecule has 0 saturated heterocycles. The van der Waals surface area contributed by atoms with Crippen LogP contribution in [-0.2, 0) is 19.5 Å². The second kappa shape index (κ2) is 8.75. The van der Waals surface area contributed by atoms with Crippen molar-refractivity contribution in [2.24, 2.45) is 4.99 Å². The summed E-state index contributed by atoms with van der Waals surface area (Å²) in [7, 11) is 1.78. The number of fused-ring (bicyclic) bond motifs is 1. The third-order valence-corrected chi connectivity index (χ3v) is 4.90. The van der Waals surface area contributed by atoms with Gasteiger partial charge in [-0.25, -0.2) is 14.6 Å². The van der Waals surface area contributed by atoms with E-state index in [1.807, 2.05) is 11.6 Å². The van der Waals surface area contributed by atoms with Crippen LogP contribution in [0.25, 0.3) is 0 Å². The van der Waals surface area contributed by atoms with Crippen molar-refractivity contribution < 1.29 is 0 Å². The Labute approximate surface area is 163 Å². The predicted octanol–water partition coefficient (Wildman–Crippen LogP) is 2.42. The summed E-state index contributed by atoms with van der Waals surface area (Å²) in [5, 5.41) is 14.5. The summed E-state index contributed by atoms with van der Waals surface area (Å²) < 4.78 is 2.00. The minimum absolute atomic E-state index is 0. The molecule has 0 aromatic carbocycles. The van der Waals surface area contributed by atoms with Gasteiger partial charge in [-0.1, -0.05) is 6.92 Å². The first kappa shape index (κ1) is 19.1. The van der Waals surface area contributed by atoms with Gasteiger partial charge < -0.3 is 10.6 Å². The lowest BCUT2D eigenvalue weighted by molar-refractivity contribution is 0.397. The predicted molar refractivity (Wildman–Crippen MR) is 107 cm³/mol. The van der Waals surface area contributed by atoms with Gasteiger partial charge in [0, 0.05) is 19.0 Å². The SMILES string of the molecule is CCc1nc(CNC(=NC)NC2CCCn3nc(C)nc32)cs1.I. The molecular formula is C15H24IN7S. The van der Waals surface area contributed by atoms with Gasteiger partial charge in [-0.05, 0) is 26.2 Å². The van der Waals surface area contributed by atoms with Crippen LogP contribution >= 0.6 is 35.3 Å². The molecule has 0 radical (unpaired) electrons. The molecule has 3 rings (SSSR count). The molecular weight excluding hydrogens is 437 g/mol. The van der Waals surface area contributed by atoms with Crippen LogP contribution in [0.5, 0.6) is 0 Å². The first-order valence-electron chi connectivity index (χ1n) is 8.01. The highest BCUT2D eigenvalue weighted by atomic mass is 127. The third kappa shape index (κ3) is 4.44. The van der Waals surface area contributed by atoms with Crippen LogP contribution in [0.3, 0.4) is 0 Å². The molecule has 0 aliphatic carbocycles. The van der Waals surface area contributed by atoms with Crippen molar-refractivity contribution in [3.8, 4) is 0 Å². The molecule has 2 aromatic rings. The lowest BCUT2D eigenvalue weighted by atomic mass is 10.1. The van der Waals surface area contributed by atoms with Crippen LogP contribution in [0.15, 0.2) is 10.4 Å². The maximum atomic E-state index is 4.57. The molecule has 1 aliphatic heterocycles. The number of aliphatic imine (C=N–C) groups is 1. The fraction of sp³-hybridized carbons (Fsp3) is 0.600. The smallest absolute Gasteiger partial charge is 0.191 e. The Morgan fingerprint density at radius 2 is 2.29 bits per heavy atom. The number of thiazole rings is 1. The average molecular weight is 461 g/mol. The molecule has 24 heavy (non-hydrogen) atoms. The third-order valence-electron chi connectivity index (χ3n) is 3.85. The lowest BCUT2D eigenvalue weighted by Crippen LogP contribution is -2.41. The highest BCUT2D eigenvalue weighted by Gasteiger charge is 2.24. The molecule has 132 valence electrons. The second-order valence-corrected chi connectivity index (χ2v) is 6.53. The minimum Gasteiger partial charge on any atom is -0.351 e. The van der Waals surface area contributed by atoms with E-state index in [0.717, 1.165) is 49.1 Å². The Hall–Kier alpha value is -1.23. The summed E-state index contributed by atoms with van der Waals surface area (Å²) in [6.45, 7) is 5.67. The van der Waals surface area contributed by atoms with Crippen molar-refractivity contribution in [3.63, 3.8) is 0 Å². The molecule has 9 heteroatoms. The first-order chi connectivity index (χ1) is 11.2. The summed E-state index contributed by atoms with van der Waals surface area (Å²) in [5.74, 6) is 2.60. The average Bonchev–Trinajstić information content (AvgIpc) is 3.16. The molecule has 3 heterocycles. The quantitative estimate of drug-likeness (QED) is 0.416. The number of nitrogens with zero attached hydrogens (tertiary/aromatic N) is 5. The molecule has 0 spiro atoms. The number of rotatable bonds is 4. The highest BCUT2D eigenvalue weighted by molar-refractivity contribution is 14.0. The molecule has 2 N–H and O–H groups in total. The summed E-state index contributed by atoms with van der Waals surface area (Å²) in [6, 6.07) is 0.151. The molecule has 0 bridgehead atoms. The van der Waals surface area contributed by atoms with Crippen molar-refractivity contribution >= 4 is 41.3 Å². The van der Waals surface area contributed by atoms with Crippen molar-refractivity contribution in [1.82, 2.24) is 30.4 Å². The summed E-state index contributed by atoms with van der Waals surface area (Å²) >= 11 is 1.70. The van der Waals surface area contributed by atoms with Gasteiger partial charge in [0.05, 0.1) is 23.3 Å². The van der Waals surface area contributed by atoms with Crippen molar-refractivity contribution in [1.29, 1.82) is 0 Å². The Balaban J connectivity index is 0.00000208. The van der Waals surface area contributed by atoms with E-state index in [-0.39, 0.29) is 30.0 Å². The van der Waals surface area contributed by atoms with E-state index in [2.05, 4.69) is 43.0 Å².